The molecule has 0 aliphatic heterocycles. The van der Waals surface area contributed by atoms with Gasteiger partial charge >= 0.3 is 0 Å². The molecule has 0 saturated heterocycles. The van der Waals surface area contributed by atoms with Gasteiger partial charge in [0.2, 0.25) is 0 Å². The van der Waals surface area contributed by atoms with Gasteiger partial charge in [-0.1, -0.05) is 12.2 Å². The van der Waals surface area contributed by atoms with Gasteiger partial charge in [-0.3, -0.25) is 0 Å². The molecule has 1 unspecified atom stereocenters. The lowest BCUT2D eigenvalue weighted by molar-refractivity contribution is 0.561. The van der Waals surface area contributed by atoms with Crippen molar-refractivity contribution in [2.24, 2.45) is 5.14 Å². The van der Waals surface area contributed by atoms with Crippen molar-refractivity contribution in [3.05, 3.63) is 12.2 Å². The highest BCUT2D eigenvalue weighted by Crippen LogP contribution is 1.90. The van der Waals surface area contributed by atoms with Gasteiger partial charge in [-0.05, 0) is 13.3 Å². The standard InChI is InChI=1S/C5H11NO2S/c1-5(2)3-4-9(6,7)8/h4H,1,3H2,2H3,(H3,6,7,8). The molecule has 4 heteroatoms. The first-order valence-corrected chi connectivity index (χ1v) is 4.08. The predicted molar refractivity (Wildman–Crippen MR) is 40.5 cm³/mol. The Morgan fingerprint density at radius 2 is 2.44 bits per heavy atom. The minimum absolute atomic E-state index is 0.395. The Labute approximate surface area is 55.5 Å². The first kappa shape index (κ1) is 8.68. The summed E-state index contributed by atoms with van der Waals surface area (Å²) in [5.74, 6) is 0. The molecule has 0 saturated carbocycles. The summed E-state index contributed by atoms with van der Waals surface area (Å²) < 4.78 is 18.8. The third-order valence-electron chi connectivity index (χ3n) is 0.671. The third kappa shape index (κ3) is 7.68. The molecule has 0 aromatic heterocycles. The fourth-order valence-corrected chi connectivity index (χ4v) is 0.785. The summed E-state index contributed by atoms with van der Waals surface area (Å²) in [5, 5.41) is 5.92. The molecular weight excluding hydrogens is 138 g/mol. The Morgan fingerprint density at radius 1 is 2.00 bits per heavy atom. The maximum atomic E-state index is 10.3. The van der Waals surface area contributed by atoms with Gasteiger partial charge in [0.25, 0.3) is 0 Å². The van der Waals surface area contributed by atoms with Crippen molar-refractivity contribution in [1.82, 2.24) is 0 Å². The lowest BCUT2D eigenvalue weighted by atomic mass is 10.3. The second kappa shape index (κ2) is 3.00. The van der Waals surface area contributed by atoms with Gasteiger partial charge in [0.15, 0.2) is 0 Å². The average Bonchev–Trinajstić information content (AvgIpc) is 1.59. The van der Waals surface area contributed by atoms with Crippen LogP contribution in [-0.2, 0) is 9.99 Å². The highest BCUT2D eigenvalue weighted by Gasteiger charge is 1.88. The maximum absolute atomic E-state index is 10.3. The largest absolute Gasteiger partial charge is 0.303 e. The highest BCUT2D eigenvalue weighted by molar-refractivity contribution is 7.94. The zero-order valence-corrected chi connectivity index (χ0v) is 6.15. The molecule has 0 amide bonds. The minimum atomic E-state index is -3.16. The Bertz CT molecular complexity index is 205. The topological polar surface area (TPSA) is 63.3 Å². The van der Waals surface area contributed by atoms with Crippen LogP contribution in [0.1, 0.15) is 13.3 Å². The number of hydrogen-bond donors (Lipinski definition) is 2. The van der Waals surface area contributed by atoms with Crippen LogP contribution in [0.25, 0.3) is 0 Å². The molecule has 0 aromatic rings. The SMILES string of the molecule is C=C(C)CC=S(N)(=O)O. The molecule has 3 nitrogen and oxygen atoms in total. The van der Waals surface area contributed by atoms with Crippen LogP contribution in [0, 0.1) is 0 Å². The van der Waals surface area contributed by atoms with E-state index in [4.69, 9.17) is 9.69 Å². The monoisotopic (exact) mass is 149 g/mol. The van der Waals surface area contributed by atoms with Crippen LogP contribution in [0.4, 0.5) is 0 Å². The van der Waals surface area contributed by atoms with Crippen LogP contribution >= 0.6 is 0 Å². The van der Waals surface area contributed by atoms with Crippen LogP contribution in [0.15, 0.2) is 12.2 Å². The van der Waals surface area contributed by atoms with Crippen LogP contribution in [-0.4, -0.2) is 14.1 Å². The van der Waals surface area contributed by atoms with Gasteiger partial charge in [0.1, 0.15) is 9.99 Å². The fraction of sp³-hybridized carbons (Fsp3) is 0.400. The number of nitrogens with two attached hydrogens (primary N) is 1. The number of hydrogen-bond acceptors (Lipinski definition) is 1. The summed E-state index contributed by atoms with van der Waals surface area (Å²) >= 11 is 0. The fourth-order valence-electron chi connectivity index (χ4n) is 0.262. The molecule has 0 spiro atoms. The molecule has 1 atom stereocenters. The lowest BCUT2D eigenvalue weighted by Gasteiger charge is -1.92. The quantitative estimate of drug-likeness (QED) is 0.440. The predicted octanol–water partition coefficient (Wildman–Crippen LogP) is 0.386. The number of rotatable bonds is 2. The van der Waals surface area contributed by atoms with E-state index in [9.17, 15) is 4.21 Å². The van der Waals surface area contributed by atoms with E-state index < -0.39 is 9.99 Å². The Morgan fingerprint density at radius 3 is 2.56 bits per heavy atom. The Kier molecular flexibility index (Phi) is 2.90. The lowest BCUT2D eigenvalue weighted by Crippen LogP contribution is -2.13. The summed E-state index contributed by atoms with van der Waals surface area (Å²) in [6, 6.07) is 0. The molecule has 54 valence electrons. The molecule has 0 aromatic carbocycles. The summed E-state index contributed by atoms with van der Waals surface area (Å²) in [4.78, 5) is 0. The summed E-state index contributed by atoms with van der Waals surface area (Å²) in [6.07, 6.45) is 0.395. The highest BCUT2D eigenvalue weighted by atomic mass is 32.2. The first-order chi connectivity index (χ1) is 3.92. The molecular formula is C5H11NO2S. The summed E-state index contributed by atoms with van der Waals surface area (Å²) in [5.41, 5.74) is 0.822. The van der Waals surface area contributed by atoms with Gasteiger partial charge in [0, 0.05) is 5.37 Å². The van der Waals surface area contributed by atoms with Crippen LogP contribution in [0.5, 0.6) is 0 Å². The molecule has 0 fully saturated rings. The van der Waals surface area contributed by atoms with Gasteiger partial charge in [-0.15, -0.1) is 0 Å². The second-order valence-corrected chi connectivity index (χ2v) is 3.50. The van der Waals surface area contributed by atoms with Crippen LogP contribution < -0.4 is 5.14 Å². The van der Waals surface area contributed by atoms with E-state index in [1.165, 1.54) is 0 Å². The zero-order valence-electron chi connectivity index (χ0n) is 5.33. The van der Waals surface area contributed by atoms with E-state index in [-0.39, 0.29) is 0 Å². The number of allylic oxidation sites excluding steroid dienone is 1. The van der Waals surface area contributed by atoms with Gasteiger partial charge in [-0.25, -0.2) is 9.35 Å². The van der Waals surface area contributed by atoms with E-state index in [0.29, 0.717) is 6.42 Å². The van der Waals surface area contributed by atoms with Crippen molar-refractivity contribution in [1.29, 1.82) is 0 Å². The van der Waals surface area contributed by atoms with E-state index in [0.717, 1.165) is 10.9 Å². The maximum Gasteiger partial charge on any atom is 0.139 e. The molecule has 9 heavy (non-hydrogen) atoms. The molecule has 0 rings (SSSR count). The molecule has 0 bridgehead atoms. The van der Waals surface area contributed by atoms with Crippen molar-refractivity contribution in [3.8, 4) is 0 Å². The van der Waals surface area contributed by atoms with E-state index >= 15 is 0 Å². The van der Waals surface area contributed by atoms with Crippen molar-refractivity contribution in [2.75, 3.05) is 0 Å². The molecule has 0 aliphatic rings. The molecule has 0 heterocycles. The smallest absolute Gasteiger partial charge is 0.139 e. The van der Waals surface area contributed by atoms with E-state index in [2.05, 4.69) is 6.58 Å². The van der Waals surface area contributed by atoms with Crippen LogP contribution in [0.3, 0.4) is 0 Å². The van der Waals surface area contributed by atoms with Gasteiger partial charge in [-0.2, -0.15) is 0 Å². The van der Waals surface area contributed by atoms with Crippen molar-refractivity contribution < 1.29 is 8.76 Å². The van der Waals surface area contributed by atoms with Crippen molar-refractivity contribution >= 4 is 15.4 Å². The zero-order chi connectivity index (χ0) is 7.49. The Hall–Kier alpha value is -0.320. The summed E-state index contributed by atoms with van der Waals surface area (Å²) in [7, 11) is -3.16. The molecule has 3 N–H and O–H groups in total. The van der Waals surface area contributed by atoms with Crippen molar-refractivity contribution in [2.45, 2.75) is 13.3 Å². The average molecular weight is 149 g/mol. The normalized spacial score (nSPS) is 16.3. The van der Waals surface area contributed by atoms with E-state index in [1.54, 1.807) is 6.92 Å². The van der Waals surface area contributed by atoms with Crippen molar-refractivity contribution in [3.63, 3.8) is 0 Å². The minimum Gasteiger partial charge on any atom is -0.303 e. The first-order valence-electron chi connectivity index (χ1n) is 2.44. The van der Waals surface area contributed by atoms with Gasteiger partial charge < -0.3 is 4.55 Å². The third-order valence-corrected chi connectivity index (χ3v) is 1.31. The second-order valence-electron chi connectivity index (χ2n) is 1.94. The summed E-state index contributed by atoms with van der Waals surface area (Å²) in [6.45, 7) is 5.30. The van der Waals surface area contributed by atoms with Gasteiger partial charge in [0.05, 0.1) is 0 Å². The van der Waals surface area contributed by atoms with Crippen LogP contribution in [0.2, 0.25) is 0 Å². The molecule has 0 aliphatic carbocycles. The van der Waals surface area contributed by atoms with E-state index in [1.807, 2.05) is 0 Å². The molecule has 0 radical (unpaired) electrons. The Balaban J connectivity index is 4.03.